The Balaban J connectivity index is 2.10. The molecule has 0 aromatic heterocycles. The van der Waals surface area contributed by atoms with Crippen LogP contribution in [0.3, 0.4) is 0 Å². The third-order valence-electron chi connectivity index (χ3n) is 1.62. The van der Waals surface area contributed by atoms with Gasteiger partial charge in [0.1, 0.15) is 6.61 Å². The van der Waals surface area contributed by atoms with Crippen LogP contribution in [0.1, 0.15) is 0 Å². The number of rotatable bonds is 3. The molecule has 0 saturated carbocycles. The molecule has 12 heavy (non-hydrogen) atoms. The van der Waals surface area contributed by atoms with E-state index in [1.54, 1.807) is 0 Å². The lowest BCUT2D eigenvalue weighted by Gasteiger charge is -2.37. The molecule has 0 atom stereocenters. The second kappa shape index (κ2) is 3.40. The van der Waals surface area contributed by atoms with E-state index >= 15 is 0 Å². The van der Waals surface area contributed by atoms with E-state index in [1.807, 2.05) is 0 Å². The third-order valence-corrected chi connectivity index (χ3v) is 1.62. The van der Waals surface area contributed by atoms with Gasteiger partial charge in [0, 0.05) is 0 Å². The molecular weight excluding hydrogens is 162 g/mol. The molecule has 6 heteroatoms. The van der Waals surface area contributed by atoms with Gasteiger partial charge >= 0.3 is 6.03 Å². The van der Waals surface area contributed by atoms with E-state index in [-0.39, 0.29) is 12.7 Å². The van der Waals surface area contributed by atoms with Crippen LogP contribution in [-0.4, -0.2) is 42.6 Å². The minimum atomic E-state index is -0.507. The van der Waals surface area contributed by atoms with Crippen molar-refractivity contribution in [3.05, 3.63) is 0 Å². The van der Waals surface area contributed by atoms with E-state index in [0.717, 1.165) is 0 Å². The fourth-order valence-corrected chi connectivity index (χ4v) is 0.923. The zero-order valence-corrected chi connectivity index (χ0v) is 6.53. The van der Waals surface area contributed by atoms with Crippen LogP contribution in [0.15, 0.2) is 0 Å². The van der Waals surface area contributed by atoms with Crippen LogP contribution >= 0.6 is 0 Å². The van der Waals surface area contributed by atoms with Crippen LogP contribution in [-0.2, 0) is 9.53 Å². The Hall–Kier alpha value is -1.30. The first-order valence-corrected chi connectivity index (χ1v) is 3.54. The Morgan fingerprint density at radius 2 is 2.00 bits per heavy atom. The maximum atomic E-state index is 10.5. The average Bonchev–Trinajstić information content (AvgIpc) is 1.82. The molecule has 0 aromatic carbocycles. The molecule has 0 radical (unpaired) electrons. The van der Waals surface area contributed by atoms with Gasteiger partial charge in [-0.25, -0.2) is 4.79 Å². The normalized spacial score (nSPS) is 17.2. The molecule has 0 unspecified atom stereocenters. The van der Waals surface area contributed by atoms with Gasteiger partial charge in [-0.2, -0.15) is 0 Å². The quantitative estimate of drug-likeness (QED) is 0.529. The average molecular weight is 173 g/mol. The van der Waals surface area contributed by atoms with Gasteiger partial charge in [0.2, 0.25) is 5.91 Å². The summed E-state index contributed by atoms with van der Waals surface area (Å²) in [7, 11) is 0. The molecule has 0 aromatic rings. The number of amides is 3. The minimum Gasteiger partial charge on any atom is -0.368 e. The summed E-state index contributed by atoms with van der Waals surface area (Å²) in [5.41, 5.74) is 9.80. The van der Waals surface area contributed by atoms with Gasteiger partial charge in [-0.15, -0.1) is 0 Å². The zero-order valence-electron chi connectivity index (χ0n) is 6.53. The van der Waals surface area contributed by atoms with Crippen molar-refractivity contribution in [2.45, 2.75) is 6.10 Å². The smallest absolute Gasteiger partial charge is 0.314 e. The molecule has 1 aliphatic rings. The van der Waals surface area contributed by atoms with Gasteiger partial charge in [-0.05, 0) is 0 Å². The van der Waals surface area contributed by atoms with Crippen LogP contribution in [0.2, 0.25) is 0 Å². The van der Waals surface area contributed by atoms with E-state index in [4.69, 9.17) is 16.2 Å². The fourth-order valence-electron chi connectivity index (χ4n) is 0.923. The summed E-state index contributed by atoms with van der Waals surface area (Å²) in [6.07, 6.45) is -0.0926. The number of nitrogens with zero attached hydrogens (tertiary/aromatic N) is 1. The topological polar surface area (TPSA) is 98.7 Å². The second-order valence-electron chi connectivity index (χ2n) is 2.64. The standard InChI is InChI=1S/C6H11N3O3/c7-5(10)3-12-4-1-9(2-4)6(8)11/h4H,1-3H2,(H2,7,10)(H2,8,11). The van der Waals surface area contributed by atoms with Crippen LogP contribution in [0.25, 0.3) is 0 Å². The maximum absolute atomic E-state index is 10.5. The van der Waals surface area contributed by atoms with Gasteiger partial charge in [0.15, 0.2) is 0 Å². The highest BCUT2D eigenvalue weighted by molar-refractivity contribution is 5.75. The molecule has 4 N–H and O–H groups in total. The molecule has 0 bridgehead atoms. The maximum Gasteiger partial charge on any atom is 0.314 e. The van der Waals surface area contributed by atoms with E-state index in [9.17, 15) is 9.59 Å². The predicted octanol–water partition coefficient (Wildman–Crippen LogP) is -1.75. The molecule has 0 aliphatic carbocycles. The van der Waals surface area contributed by atoms with Crippen LogP contribution < -0.4 is 11.5 Å². The number of hydrogen-bond acceptors (Lipinski definition) is 3. The summed E-state index contributed by atoms with van der Waals surface area (Å²) in [6.45, 7) is 0.794. The SMILES string of the molecule is NC(=O)COC1CN(C(N)=O)C1. The number of carbonyl (C=O) groups is 2. The van der Waals surface area contributed by atoms with Gasteiger partial charge in [-0.3, -0.25) is 4.79 Å². The van der Waals surface area contributed by atoms with E-state index < -0.39 is 11.9 Å². The molecule has 1 heterocycles. The largest absolute Gasteiger partial charge is 0.368 e. The Labute approximate surface area is 69.4 Å². The van der Waals surface area contributed by atoms with E-state index in [2.05, 4.69) is 0 Å². The summed E-state index contributed by atoms with van der Waals surface area (Å²) in [6, 6.07) is -0.464. The Morgan fingerprint density at radius 3 is 2.42 bits per heavy atom. The number of urea groups is 1. The lowest BCUT2D eigenvalue weighted by molar-refractivity contribution is -0.127. The Bertz CT molecular complexity index is 197. The third kappa shape index (κ3) is 2.09. The Morgan fingerprint density at radius 1 is 1.42 bits per heavy atom. The van der Waals surface area contributed by atoms with Gasteiger partial charge in [-0.1, -0.05) is 0 Å². The highest BCUT2D eigenvalue weighted by atomic mass is 16.5. The number of hydrogen-bond donors (Lipinski definition) is 2. The van der Waals surface area contributed by atoms with E-state index in [1.165, 1.54) is 4.90 Å². The first kappa shape index (κ1) is 8.79. The summed E-state index contributed by atoms with van der Waals surface area (Å²) in [5, 5.41) is 0. The monoisotopic (exact) mass is 173 g/mol. The Kier molecular flexibility index (Phi) is 2.49. The van der Waals surface area contributed by atoms with Crippen LogP contribution in [0.4, 0.5) is 4.79 Å². The van der Waals surface area contributed by atoms with Crippen molar-refractivity contribution >= 4 is 11.9 Å². The second-order valence-corrected chi connectivity index (χ2v) is 2.64. The highest BCUT2D eigenvalue weighted by Gasteiger charge is 2.29. The molecule has 3 amide bonds. The van der Waals surface area contributed by atoms with Crippen LogP contribution in [0.5, 0.6) is 0 Å². The molecule has 68 valence electrons. The number of nitrogens with two attached hydrogens (primary N) is 2. The molecule has 0 spiro atoms. The first-order valence-electron chi connectivity index (χ1n) is 3.54. The van der Waals surface area contributed by atoms with Crippen molar-refractivity contribution in [1.82, 2.24) is 4.90 Å². The van der Waals surface area contributed by atoms with Gasteiger partial charge in [0.05, 0.1) is 19.2 Å². The molecule has 1 rings (SSSR count). The number of likely N-dealkylation sites (tertiary alicyclic amines) is 1. The van der Waals surface area contributed by atoms with Crippen molar-refractivity contribution in [1.29, 1.82) is 0 Å². The number of carbonyl (C=O) groups excluding carboxylic acids is 2. The number of primary amides is 2. The molecule has 1 aliphatic heterocycles. The van der Waals surface area contributed by atoms with Crippen molar-refractivity contribution in [2.24, 2.45) is 11.5 Å². The molecule has 1 fully saturated rings. The molecule has 1 saturated heterocycles. The molecule has 6 nitrogen and oxygen atoms in total. The number of ether oxygens (including phenoxy) is 1. The molecular formula is C6H11N3O3. The van der Waals surface area contributed by atoms with Gasteiger partial charge < -0.3 is 21.1 Å². The van der Waals surface area contributed by atoms with Crippen molar-refractivity contribution in [3.63, 3.8) is 0 Å². The van der Waals surface area contributed by atoms with Crippen molar-refractivity contribution in [3.8, 4) is 0 Å². The fraction of sp³-hybridized carbons (Fsp3) is 0.667. The summed E-state index contributed by atoms with van der Waals surface area (Å²) in [4.78, 5) is 22.1. The van der Waals surface area contributed by atoms with Crippen molar-refractivity contribution in [2.75, 3.05) is 19.7 Å². The summed E-state index contributed by atoms with van der Waals surface area (Å²) >= 11 is 0. The first-order chi connectivity index (χ1) is 5.59. The van der Waals surface area contributed by atoms with E-state index in [0.29, 0.717) is 13.1 Å². The van der Waals surface area contributed by atoms with Gasteiger partial charge in [0.25, 0.3) is 0 Å². The minimum absolute atomic E-state index is 0.0926. The summed E-state index contributed by atoms with van der Waals surface area (Å²) < 4.78 is 5.00. The van der Waals surface area contributed by atoms with Crippen molar-refractivity contribution < 1.29 is 14.3 Å². The predicted molar refractivity (Wildman–Crippen MR) is 40.1 cm³/mol. The zero-order chi connectivity index (χ0) is 9.14. The summed E-state index contributed by atoms with van der Waals surface area (Å²) in [5.74, 6) is -0.507. The van der Waals surface area contributed by atoms with Crippen LogP contribution in [0, 0.1) is 0 Å². The lowest BCUT2D eigenvalue weighted by atomic mass is 10.2. The highest BCUT2D eigenvalue weighted by Crippen LogP contribution is 2.09. The lowest BCUT2D eigenvalue weighted by Crippen LogP contribution is -2.57.